The predicted molar refractivity (Wildman–Crippen MR) is 77.2 cm³/mol. The minimum atomic E-state index is -0.639. The summed E-state index contributed by atoms with van der Waals surface area (Å²) in [6.07, 6.45) is 1.48. The summed E-state index contributed by atoms with van der Waals surface area (Å²) in [7, 11) is 5.73. The fourth-order valence-electron chi connectivity index (χ4n) is 2.75. The third-order valence-electron chi connectivity index (χ3n) is 3.69. The lowest BCUT2D eigenvalue weighted by molar-refractivity contribution is -0.147. The highest BCUT2D eigenvalue weighted by Gasteiger charge is 2.40. The molecule has 1 fully saturated rings. The van der Waals surface area contributed by atoms with Crippen LogP contribution >= 0.6 is 0 Å². The monoisotopic (exact) mass is 271 g/mol. The van der Waals surface area contributed by atoms with E-state index in [9.17, 15) is 4.79 Å². The fraction of sp³-hybridized carbons (Fsp3) is 0.929. The van der Waals surface area contributed by atoms with Gasteiger partial charge in [-0.1, -0.05) is 13.8 Å². The van der Waals surface area contributed by atoms with E-state index in [1.807, 2.05) is 14.1 Å². The van der Waals surface area contributed by atoms with Gasteiger partial charge in [-0.2, -0.15) is 0 Å². The van der Waals surface area contributed by atoms with E-state index < -0.39 is 5.60 Å². The Hall–Kier alpha value is -0.650. The molecular weight excluding hydrogens is 242 g/mol. The van der Waals surface area contributed by atoms with Crippen molar-refractivity contribution in [1.82, 2.24) is 15.5 Å². The van der Waals surface area contributed by atoms with Crippen LogP contribution in [0.25, 0.3) is 0 Å². The summed E-state index contributed by atoms with van der Waals surface area (Å²) >= 11 is 0. The molecule has 1 heterocycles. The van der Waals surface area contributed by atoms with Crippen molar-refractivity contribution in [3.63, 3.8) is 0 Å². The third kappa shape index (κ3) is 4.75. The molecule has 1 aliphatic heterocycles. The van der Waals surface area contributed by atoms with E-state index in [-0.39, 0.29) is 11.3 Å². The Morgan fingerprint density at radius 3 is 2.42 bits per heavy atom. The number of carbonyl (C=O) groups is 1. The summed E-state index contributed by atoms with van der Waals surface area (Å²) in [6, 6.07) is 0. The molecule has 0 aromatic carbocycles. The van der Waals surface area contributed by atoms with E-state index in [1.54, 1.807) is 7.11 Å². The lowest BCUT2D eigenvalue weighted by atomic mass is 9.89. The molecular formula is C14H29N3O2. The van der Waals surface area contributed by atoms with Gasteiger partial charge in [-0.05, 0) is 45.4 Å². The highest BCUT2D eigenvalue weighted by molar-refractivity contribution is 5.85. The molecule has 1 amide bonds. The van der Waals surface area contributed by atoms with Crippen molar-refractivity contribution in [2.24, 2.45) is 5.41 Å². The quantitative estimate of drug-likeness (QED) is 0.737. The van der Waals surface area contributed by atoms with Gasteiger partial charge in [0.15, 0.2) is 0 Å². The summed E-state index contributed by atoms with van der Waals surface area (Å²) in [5.41, 5.74) is -0.583. The molecule has 1 aliphatic rings. The lowest BCUT2D eigenvalue weighted by Crippen LogP contribution is -2.55. The maximum atomic E-state index is 12.4. The maximum Gasteiger partial charge on any atom is 0.252 e. The van der Waals surface area contributed by atoms with Gasteiger partial charge in [-0.15, -0.1) is 0 Å². The second kappa shape index (κ2) is 6.68. The number of hydrogen-bond donors (Lipinski definition) is 2. The molecule has 0 unspecified atom stereocenters. The van der Waals surface area contributed by atoms with Gasteiger partial charge in [0.25, 0.3) is 5.91 Å². The van der Waals surface area contributed by atoms with Crippen molar-refractivity contribution >= 4 is 5.91 Å². The molecule has 1 rings (SSSR count). The van der Waals surface area contributed by atoms with Crippen molar-refractivity contribution < 1.29 is 9.53 Å². The Balaban J connectivity index is 2.53. The maximum absolute atomic E-state index is 12.4. The molecule has 0 aromatic heterocycles. The van der Waals surface area contributed by atoms with Crippen LogP contribution in [0.15, 0.2) is 0 Å². The minimum Gasteiger partial charge on any atom is -0.368 e. The third-order valence-corrected chi connectivity index (χ3v) is 3.69. The minimum absolute atomic E-state index is 0.0309. The highest BCUT2D eigenvalue weighted by Crippen LogP contribution is 2.23. The zero-order valence-corrected chi connectivity index (χ0v) is 13.0. The molecule has 112 valence electrons. The van der Waals surface area contributed by atoms with Crippen LogP contribution in [-0.4, -0.2) is 63.8 Å². The van der Waals surface area contributed by atoms with Crippen LogP contribution in [0, 0.1) is 5.41 Å². The van der Waals surface area contributed by atoms with Gasteiger partial charge in [0.05, 0.1) is 0 Å². The van der Waals surface area contributed by atoms with E-state index in [1.165, 1.54) is 0 Å². The van der Waals surface area contributed by atoms with E-state index >= 15 is 0 Å². The predicted octanol–water partition coefficient (Wildman–Crippen LogP) is 0.459. The molecule has 0 bridgehead atoms. The van der Waals surface area contributed by atoms with Crippen LogP contribution in [0.5, 0.6) is 0 Å². The number of carbonyl (C=O) groups excluding carboxylic acids is 1. The Bertz CT molecular complexity index is 297. The zero-order chi connectivity index (χ0) is 14.5. The number of rotatable bonds is 6. The molecule has 0 spiro atoms. The molecule has 0 saturated carbocycles. The average molecular weight is 271 g/mol. The first-order chi connectivity index (χ1) is 8.81. The molecule has 0 aliphatic carbocycles. The van der Waals surface area contributed by atoms with Gasteiger partial charge in [0.1, 0.15) is 5.60 Å². The average Bonchev–Trinajstić information content (AvgIpc) is 2.35. The zero-order valence-electron chi connectivity index (χ0n) is 13.0. The number of amides is 1. The second-order valence-electron chi connectivity index (χ2n) is 6.53. The highest BCUT2D eigenvalue weighted by atomic mass is 16.5. The first kappa shape index (κ1) is 16.4. The van der Waals surface area contributed by atoms with Crippen molar-refractivity contribution in [2.75, 3.05) is 47.4 Å². The molecule has 5 nitrogen and oxygen atoms in total. The van der Waals surface area contributed by atoms with Crippen molar-refractivity contribution in [3.8, 4) is 0 Å². The van der Waals surface area contributed by atoms with Crippen LogP contribution in [0.2, 0.25) is 0 Å². The van der Waals surface area contributed by atoms with Crippen LogP contribution < -0.4 is 10.6 Å². The van der Waals surface area contributed by atoms with Gasteiger partial charge in [-0.3, -0.25) is 4.79 Å². The number of nitrogens with zero attached hydrogens (tertiary/aromatic N) is 1. The number of methoxy groups -OCH3 is 1. The number of nitrogens with one attached hydrogen (secondary N) is 2. The van der Waals surface area contributed by atoms with E-state index in [0.29, 0.717) is 6.54 Å². The Morgan fingerprint density at radius 2 is 1.95 bits per heavy atom. The summed E-state index contributed by atoms with van der Waals surface area (Å²) in [5.74, 6) is 0.0309. The van der Waals surface area contributed by atoms with Crippen molar-refractivity contribution in [3.05, 3.63) is 0 Å². The molecule has 0 aromatic rings. The smallest absolute Gasteiger partial charge is 0.252 e. The van der Waals surface area contributed by atoms with Gasteiger partial charge < -0.3 is 20.3 Å². The normalized spacial score (nSPS) is 19.5. The molecule has 1 saturated heterocycles. The summed E-state index contributed by atoms with van der Waals surface area (Å²) < 4.78 is 5.52. The largest absolute Gasteiger partial charge is 0.368 e. The Kier molecular flexibility index (Phi) is 5.77. The number of hydrogen-bond acceptors (Lipinski definition) is 4. The molecule has 5 heteroatoms. The van der Waals surface area contributed by atoms with Gasteiger partial charge >= 0.3 is 0 Å². The number of ether oxygens (including phenoxy) is 1. The molecule has 2 N–H and O–H groups in total. The van der Waals surface area contributed by atoms with Gasteiger partial charge in [0.2, 0.25) is 0 Å². The first-order valence-corrected chi connectivity index (χ1v) is 7.00. The topological polar surface area (TPSA) is 53.6 Å². The first-order valence-electron chi connectivity index (χ1n) is 7.00. The van der Waals surface area contributed by atoms with Crippen LogP contribution in [0.3, 0.4) is 0 Å². The van der Waals surface area contributed by atoms with Crippen LogP contribution in [0.1, 0.15) is 26.7 Å². The van der Waals surface area contributed by atoms with Gasteiger partial charge in [-0.25, -0.2) is 0 Å². The Labute approximate surface area is 117 Å². The van der Waals surface area contributed by atoms with E-state index in [2.05, 4.69) is 29.4 Å². The summed E-state index contributed by atoms with van der Waals surface area (Å²) in [5, 5.41) is 6.33. The molecule has 19 heavy (non-hydrogen) atoms. The number of piperidine rings is 1. The van der Waals surface area contributed by atoms with Crippen molar-refractivity contribution in [1.29, 1.82) is 0 Å². The fourth-order valence-corrected chi connectivity index (χ4v) is 2.75. The van der Waals surface area contributed by atoms with Gasteiger partial charge in [0, 0.05) is 20.2 Å². The van der Waals surface area contributed by atoms with Crippen LogP contribution in [0.4, 0.5) is 0 Å². The van der Waals surface area contributed by atoms with E-state index in [0.717, 1.165) is 32.5 Å². The van der Waals surface area contributed by atoms with E-state index in [4.69, 9.17) is 4.74 Å². The molecule has 0 radical (unpaired) electrons. The lowest BCUT2D eigenvalue weighted by Gasteiger charge is -2.36. The summed E-state index contributed by atoms with van der Waals surface area (Å²) in [4.78, 5) is 14.5. The SMILES string of the molecule is COC1(C(=O)NCC(C)(C)CN(C)C)CCNCC1. The molecule has 0 atom stereocenters. The van der Waals surface area contributed by atoms with Crippen LogP contribution in [-0.2, 0) is 9.53 Å². The summed E-state index contributed by atoms with van der Waals surface area (Å²) in [6.45, 7) is 7.60. The Morgan fingerprint density at radius 1 is 1.37 bits per heavy atom. The standard InChI is InChI=1S/C14H29N3O2/c1-13(2,11-17(3)4)10-16-12(18)14(19-5)6-8-15-9-7-14/h15H,6-11H2,1-5H3,(H,16,18). The second-order valence-corrected chi connectivity index (χ2v) is 6.53. The van der Waals surface area contributed by atoms with Crippen molar-refractivity contribution in [2.45, 2.75) is 32.3 Å².